The Bertz CT molecular complexity index is 944. The van der Waals surface area contributed by atoms with Crippen LogP contribution in [0, 0.1) is 0 Å². The number of hydrogen-bond donors (Lipinski definition) is 1. The molecule has 0 spiro atoms. The number of carbonyl (C=O) groups excluding carboxylic acids is 1. The van der Waals surface area contributed by atoms with Gasteiger partial charge in [-0.25, -0.2) is 0 Å². The first-order chi connectivity index (χ1) is 14.2. The van der Waals surface area contributed by atoms with E-state index < -0.39 is 0 Å². The number of benzene rings is 2. The van der Waals surface area contributed by atoms with Crippen molar-refractivity contribution in [2.45, 2.75) is 58.0 Å². The molecule has 0 bridgehead atoms. The minimum atomic E-state index is 0.0817. The summed E-state index contributed by atoms with van der Waals surface area (Å²) in [6.45, 7) is 2.94. The molecule has 0 radical (unpaired) electrons. The highest BCUT2D eigenvalue weighted by atomic mass is 16.1. The van der Waals surface area contributed by atoms with E-state index in [4.69, 9.17) is 0 Å². The molecule has 3 aromatic rings. The second-order valence-electron chi connectivity index (χ2n) is 7.87. The molecule has 29 heavy (non-hydrogen) atoms. The fourth-order valence-electron chi connectivity index (χ4n) is 4.13. The van der Waals surface area contributed by atoms with Gasteiger partial charge in [0.15, 0.2) is 0 Å². The zero-order chi connectivity index (χ0) is 20.1. The van der Waals surface area contributed by atoms with Gasteiger partial charge >= 0.3 is 0 Å². The molecule has 1 unspecified atom stereocenters. The van der Waals surface area contributed by atoms with Crippen LogP contribution in [0.5, 0.6) is 0 Å². The maximum Gasteiger partial charge on any atom is 0.220 e. The Morgan fingerprint density at radius 2 is 1.83 bits per heavy atom. The molecule has 4 heteroatoms. The van der Waals surface area contributed by atoms with Crippen LogP contribution in [0.4, 0.5) is 0 Å². The number of fused-ring (bicyclic) bond motifs is 1. The number of aryl methyl sites for hydroxylation is 2. The second-order valence-corrected chi connectivity index (χ2v) is 7.87. The maximum absolute atomic E-state index is 12.6. The maximum atomic E-state index is 12.6. The van der Waals surface area contributed by atoms with Crippen molar-refractivity contribution in [2.75, 3.05) is 0 Å². The smallest absolute Gasteiger partial charge is 0.220 e. The van der Waals surface area contributed by atoms with Crippen molar-refractivity contribution in [3.63, 3.8) is 0 Å². The molecule has 4 rings (SSSR count). The number of amides is 1. The third kappa shape index (κ3) is 4.76. The lowest BCUT2D eigenvalue weighted by molar-refractivity contribution is -0.121. The zero-order valence-corrected chi connectivity index (χ0v) is 17.1. The van der Waals surface area contributed by atoms with Gasteiger partial charge in [-0.2, -0.15) is 5.10 Å². The van der Waals surface area contributed by atoms with E-state index in [-0.39, 0.29) is 11.9 Å². The van der Waals surface area contributed by atoms with Gasteiger partial charge in [-0.3, -0.25) is 9.48 Å². The summed E-state index contributed by atoms with van der Waals surface area (Å²) in [5.41, 5.74) is 6.25. The highest BCUT2D eigenvalue weighted by Gasteiger charge is 2.25. The van der Waals surface area contributed by atoms with E-state index >= 15 is 0 Å². The van der Waals surface area contributed by atoms with Crippen LogP contribution in [0.2, 0.25) is 0 Å². The number of nitrogens with one attached hydrogen (secondary N) is 1. The standard InChI is InChI=1S/C25H29N3O/c1-2-19-11-13-20(14-12-19)15-16-25(29)27-23-9-6-10-24-22(23)17-26-28(24)18-21-7-4-3-5-8-21/h3-5,7-8,11-14,17,23H,2,6,9-10,15-16,18H2,1H3,(H,27,29). The Morgan fingerprint density at radius 3 is 2.59 bits per heavy atom. The first kappa shape index (κ1) is 19.4. The van der Waals surface area contributed by atoms with Gasteiger partial charge in [-0.05, 0) is 48.8 Å². The molecule has 1 aliphatic carbocycles. The molecule has 1 amide bonds. The summed E-state index contributed by atoms with van der Waals surface area (Å²) < 4.78 is 2.10. The Hall–Kier alpha value is -2.88. The summed E-state index contributed by atoms with van der Waals surface area (Å²) in [5, 5.41) is 7.88. The molecule has 4 nitrogen and oxygen atoms in total. The van der Waals surface area contributed by atoms with Gasteiger partial charge in [0.05, 0.1) is 18.8 Å². The summed E-state index contributed by atoms with van der Waals surface area (Å²) in [4.78, 5) is 12.6. The first-order valence-electron chi connectivity index (χ1n) is 10.7. The third-order valence-corrected chi connectivity index (χ3v) is 5.85. The van der Waals surface area contributed by atoms with Crippen LogP contribution in [0.15, 0.2) is 60.8 Å². The van der Waals surface area contributed by atoms with Gasteiger partial charge in [0, 0.05) is 17.7 Å². The summed E-state index contributed by atoms with van der Waals surface area (Å²) in [6, 6.07) is 19.1. The van der Waals surface area contributed by atoms with Gasteiger partial charge in [0.1, 0.15) is 0 Å². The summed E-state index contributed by atoms with van der Waals surface area (Å²) in [5.74, 6) is 0.123. The fraction of sp³-hybridized carbons (Fsp3) is 0.360. The second kappa shape index (κ2) is 9.08. The van der Waals surface area contributed by atoms with Crippen LogP contribution >= 0.6 is 0 Å². The molecule has 1 heterocycles. The van der Waals surface area contributed by atoms with Gasteiger partial charge in [0.2, 0.25) is 5.91 Å². The summed E-state index contributed by atoms with van der Waals surface area (Å²) >= 11 is 0. The van der Waals surface area contributed by atoms with E-state index in [1.807, 2.05) is 12.3 Å². The fourth-order valence-corrected chi connectivity index (χ4v) is 4.13. The van der Waals surface area contributed by atoms with Crippen molar-refractivity contribution in [3.05, 3.63) is 88.7 Å². The highest BCUT2D eigenvalue weighted by molar-refractivity contribution is 5.76. The lowest BCUT2D eigenvalue weighted by atomic mass is 9.92. The highest BCUT2D eigenvalue weighted by Crippen LogP contribution is 2.30. The molecule has 0 saturated heterocycles. The molecule has 2 aromatic carbocycles. The van der Waals surface area contributed by atoms with Crippen molar-refractivity contribution in [1.82, 2.24) is 15.1 Å². The van der Waals surface area contributed by atoms with E-state index in [9.17, 15) is 4.79 Å². The van der Waals surface area contributed by atoms with Gasteiger partial charge in [-0.1, -0.05) is 61.5 Å². The van der Waals surface area contributed by atoms with E-state index in [0.717, 1.165) is 38.6 Å². The van der Waals surface area contributed by atoms with E-state index in [0.29, 0.717) is 6.42 Å². The average molecular weight is 388 g/mol. The number of aromatic nitrogens is 2. The van der Waals surface area contributed by atoms with Crippen molar-refractivity contribution in [1.29, 1.82) is 0 Å². The van der Waals surface area contributed by atoms with Crippen LogP contribution < -0.4 is 5.32 Å². The number of hydrogen-bond acceptors (Lipinski definition) is 2. The average Bonchev–Trinajstić information content (AvgIpc) is 3.17. The van der Waals surface area contributed by atoms with Crippen LogP contribution in [0.1, 0.15) is 60.2 Å². The van der Waals surface area contributed by atoms with E-state index in [1.165, 1.54) is 27.9 Å². The predicted octanol–water partition coefficient (Wildman–Crippen LogP) is 4.62. The molecule has 1 aliphatic rings. The minimum absolute atomic E-state index is 0.0817. The predicted molar refractivity (Wildman–Crippen MR) is 116 cm³/mol. The lowest BCUT2D eigenvalue weighted by Gasteiger charge is -2.24. The number of nitrogens with zero attached hydrogens (tertiary/aromatic N) is 2. The molecule has 1 aromatic heterocycles. The van der Waals surface area contributed by atoms with Crippen LogP contribution in [-0.2, 0) is 30.6 Å². The van der Waals surface area contributed by atoms with Crippen molar-refractivity contribution in [3.8, 4) is 0 Å². The van der Waals surface area contributed by atoms with E-state index in [2.05, 4.69) is 70.6 Å². The van der Waals surface area contributed by atoms with Gasteiger partial charge < -0.3 is 5.32 Å². The molecule has 150 valence electrons. The van der Waals surface area contributed by atoms with E-state index in [1.54, 1.807) is 0 Å². The Labute approximate surface area is 173 Å². The monoisotopic (exact) mass is 387 g/mol. The summed E-state index contributed by atoms with van der Waals surface area (Å²) in [6.07, 6.45) is 7.39. The lowest BCUT2D eigenvalue weighted by Crippen LogP contribution is -2.31. The minimum Gasteiger partial charge on any atom is -0.349 e. The van der Waals surface area contributed by atoms with Crippen molar-refractivity contribution in [2.24, 2.45) is 0 Å². The number of carbonyl (C=O) groups is 1. The van der Waals surface area contributed by atoms with Crippen molar-refractivity contribution >= 4 is 5.91 Å². The summed E-state index contributed by atoms with van der Waals surface area (Å²) in [7, 11) is 0. The Balaban J connectivity index is 1.37. The molecule has 0 fully saturated rings. The molecular weight excluding hydrogens is 358 g/mol. The number of rotatable bonds is 7. The van der Waals surface area contributed by atoms with Crippen LogP contribution in [0.25, 0.3) is 0 Å². The largest absolute Gasteiger partial charge is 0.349 e. The van der Waals surface area contributed by atoms with Gasteiger partial charge in [-0.15, -0.1) is 0 Å². The Kier molecular flexibility index (Phi) is 6.09. The normalized spacial score (nSPS) is 15.7. The first-order valence-corrected chi connectivity index (χ1v) is 10.7. The van der Waals surface area contributed by atoms with Crippen molar-refractivity contribution < 1.29 is 4.79 Å². The van der Waals surface area contributed by atoms with Crippen LogP contribution in [0.3, 0.4) is 0 Å². The molecule has 1 atom stereocenters. The van der Waals surface area contributed by atoms with Gasteiger partial charge in [0.25, 0.3) is 0 Å². The zero-order valence-electron chi connectivity index (χ0n) is 17.1. The quantitative estimate of drug-likeness (QED) is 0.643. The molecule has 0 aliphatic heterocycles. The molecule has 0 saturated carbocycles. The van der Waals surface area contributed by atoms with Crippen LogP contribution in [-0.4, -0.2) is 15.7 Å². The SMILES string of the molecule is CCc1ccc(CCC(=O)NC2CCCc3c2cnn3Cc2ccccc2)cc1. The third-order valence-electron chi connectivity index (χ3n) is 5.85. The Morgan fingerprint density at radius 1 is 1.07 bits per heavy atom. The topological polar surface area (TPSA) is 46.9 Å². The molecule has 1 N–H and O–H groups in total. The molecular formula is C25H29N3O.